The van der Waals surface area contributed by atoms with Gasteiger partial charge in [-0.3, -0.25) is 9.78 Å². The average Bonchev–Trinajstić information content (AvgIpc) is 3.29. The minimum atomic E-state index is 0.180. The summed E-state index contributed by atoms with van der Waals surface area (Å²) >= 11 is 0. The van der Waals surface area contributed by atoms with Crippen LogP contribution in [0.3, 0.4) is 0 Å². The maximum Gasteiger partial charge on any atom is 0.227 e. The second-order valence-electron chi connectivity index (χ2n) is 7.27. The summed E-state index contributed by atoms with van der Waals surface area (Å²) in [7, 11) is 0. The van der Waals surface area contributed by atoms with E-state index in [0.717, 1.165) is 29.7 Å². The highest BCUT2D eigenvalue weighted by Gasteiger charge is 2.25. The fourth-order valence-corrected chi connectivity index (χ4v) is 3.82. The molecule has 1 fully saturated rings. The quantitative estimate of drug-likeness (QED) is 0.661. The van der Waals surface area contributed by atoms with Crippen LogP contribution in [0.15, 0.2) is 55.1 Å². The van der Waals surface area contributed by atoms with Crippen LogP contribution in [0, 0.1) is 0 Å². The van der Waals surface area contributed by atoms with Gasteiger partial charge in [-0.25, -0.2) is 4.68 Å². The number of hydrogen-bond donors (Lipinski definition) is 0. The highest BCUT2D eigenvalue weighted by atomic mass is 16.2. The van der Waals surface area contributed by atoms with Crippen molar-refractivity contribution < 1.29 is 4.79 Å². The van der Waals surface area contributed by atoms with Crippen LogP contribution in [0.5, 0.6) is 0 Å². The van der Waals surface area contributed by atoms with E-state index in [0.29, 0.717) is 19.0 Å². The minimum Gasteiger partial charge on any atom is -0.335 e. The number of tetrazole rings is 1. The first-order valence-corrected chi connectivity index (χ1v) is 9.80. The first-order valence-electron chi connectivity index (χ1n) is 9.80. The zero-order valence-corrected chi connectivity index (χ0v) is 15.8. The Hall–Kier alpha value is -3.09. The molecule has 2 aromatic heterocycles. The number of benzene rings is 1. The zero-order valence-electron chi connectivity index (χ0n) is 15.8. The lowest BCUT2D eigenvalue weighted by Crippen LogP contribution is -2.41. The molecule has 3 aromatic rings. The summed E-state index contributed by atoms with van der Waals surface area (Å²) in [6.45, 7) is 0.648. The Labute approximate surface area is 164 Å². The van der Waals surface area contributed by atoms with E-state index in [9.17, 15) is 4.79 Å². The average molecular weight is 376 g/mol. The van der Waals surface area contributed by atoms with Crippen LogP contribution in [-0.2, 0) is 17.8 Å². The van der Waals surface area contributed by atoms with Crippen LogP contribution in [0.1, 0.15) is 43.2 Å². The van der Waals surface area contributed by atoms with Gasteiger partial charge in [-0.1, -0.05) is 31.4 Å². The minimum absolute atomic E-state index is 0.180. The van der Waals surface area contributed by atoms with Crippen molar-refractivity contribution in [2.45, 2.75) is 51.1 Å². The van der Waals surface area contributed by atoms with Gasteiger partial charge in [0.05, 0.1) is 12.1 Å². The molecule has 2 heterocycles. The molecule has 7 heteroatoms. The molecule has 0 N–H and O–H groups in total. The highest BCUT2D eigenvalue weighted by molar-refractivity contribution is 5.79. The predicted molar refractivity (Wildman–Crippen MR) is 105 cm³/mol. The molecule has 0 bridgehead atoms. The van der Waals surface area contributed by atoms with Crippen LogP contribution in [0.25, 0.3) is 5.69 Å². The summed E-state index contributed by atoms with van der Waals surface area (Å²) < 4.78 is 1.60. The standard InChI is InChI=1S/C21H24N6O/c28-21(14-17-6-8-20(9-7-17)27-16-23-24-25-27)26(19-4-2-1-3-5-19)15-18-10-12-22-13-11-18/h6-13,16,19H,1-5,14-15H2. The van der Waals surface area contributed by atoms with Gasteiger partial charge < -0.3 is 4.90 Å². The van der Waals surface area contributed by atoms with Crippen LogP contribution in [0.2, 0.25) is 0 Å². The molecule has 1 aliphatic carbocycles. The van der Waals surface area contributed by atoms with Crippen LogP contribution in [0.4, 0.5) is 0 Å². The van der Waals surface area contributed by atoms with Crippen molar-refractivity contribution in [3.8, 4) is 5.69 Å². The Kier molecular flexibility index (Phi) is 5.70. The van der Waals surface area contributed by atoms with Gasteiger partial charge in [-0.15, -0.1) is 5.10 Å². The molecule has 0 spiro atoms. The van der Waals surface area contributed by atoms with Gasteiger partial charge in [0.25, 0.3) is 0 Å². The van der Waals surface area contributed by atoms with Crippen LogP contribution in [-0.4, -0.2) is 42.0 Å². The third-order valence-electron chi connectivity index (χ3n) is 5.34. The number of carbonyl (C=O) groups is 1. The zero-order chi connectivity index (χ0) is 19.2. The maximum atomic E-state index is 13.2. The fourth-order valence-electron chi connectivity index (χ4n) is 3.82. The topological polar surface area (TPSA) is 76.8 Å². The van der Waals surface area contributed by atoms with Crippen molar-refractivity contribution in [1.82, 2.24) is 30.1 Å². The fraction of sp³-hybridized carbons (Fsp3) is 0.381. The Bertz CT molecular complexity index is 873. The third kappa shape index (κ3) is 4.42. The lowest BCUT2D eigenvalue weighted by Gasteiger charge is -2.34. The Morgan fingerprint density at radius 3 is 2.43 bits per heavy atom. The van der Waals surface area contributed by atoms with Gasteiger partial charge in [-0.2, -0.15) is 0 Å². The summed E-state index contributed by atoms with van der Waals surface area (Å²) in [5.41, 5.74) is 3.00. The molecule has 0 aliphatic heterocycles. The molecule has 1 amide bonds. The maximum absolute atomic E-state index is 13.2. The summed E-state index contributed by atoms with van der Waals surface area (Å²) in [5, 5.41) is 11.2. The van der Waals surface area contributed by atoms with Crippen LogP contribution < -0.4 is 0 Å². The van der Waals surface area contributed by atoms with Gasteiger partial charge in [0, 0.05) is 25.0 Å². The van der Waals surface area contributed by atoms with E-state index in [-0.39, 0.29) is 5.91 Å². The predicted octanol–water partition coefficient (Wildman–Crippen LogP) is 2.96. The number of rotatable bonds is 6. The van der Waals surface area contributed by atoms with Crippen LogP contribution >= 0.6 is 0 Å². The number of amides is 1. The Balaban J connectivity index is 1.48. The van der Waals surface area contributed by atoms with Gasteiger partial charge in [0.15, 0.2) is 0 Å². The second kappa shape index (κ2) is 8.73. The first-order chi connectivity index (χ1) is 13.8. The van der Waals surface area contributed by atoms with Crippen molar-refractivity contribution in [3.63, 3.8) is 0 Å². The summed E-state index contributed by atoms with van der Waals surface area (Å²) in [4.78, 5) is 19.4. The third-order valence-corrected chi connectivity index (χ3v) is 5.34. The number of aromatic nitrogens is 5. The van der Waals surface area contributed by atoms with E-state index < -0.39 is 0 Å². The van der Waals surface area contributed by atoms with Crippen molar-refractivity contribution in [2.24, 2.45) is 0 Å². The molecule has 1 saturated carbocycles. The molecule has 0 radical (unpaired) electrons. The molecule has 4 rings (SSSR count). The molecule has 0 atom stereocenters. The summed E-state index contributed by atoms with van der Waals surface area (Å²) in [6.07, 6.45) is 11.4. The van der Waals surface area contributed by atoms with E-state index in [1.807, 2.05) is 36.4 Å². The molecule has 28 heavy (non-hydrogen) atoms. The molecule has 7 nitrogen and oxygen atoms in total. The summed E-state index contributed by atoms with van der Waals surface area (Å²) in [6, 6.07) is 12.1. The van der Waals surface area contributed by atoms with Gasteiger partial charge in [-0.05, 0) is 58.7 Å². The van der Waals surface area contributed by atoms with Crippen molar-refractivity contribution in [3.05, 3.63) is 66.2 Å². The molecule has 0 saturated heterocycles. The first kappa shape index (κ1) is 18.3. The number of hydrogen-bond acceptors (Lipinski definition) is 5. The molecule has 1 aliphatic rings. The van der Waals surface area contributed by atoms with Gasteiger partial charge >= 0.3 is 0 Å². The highest BCUT2D eigenvalue weighted by Crippen LogP contribution is 2.25. The lowest BCUT2D eigenvalue weighted by atomic mass is 9.93. The molecular formula is C21H24N6O. The lowest BCUT2D eigenvalue weighted by molar-refractivity contribution is -0.134. The molecule has 0 unspecified atom stereocenters. The summed E-state index contributed by atoms with van der Waals surface area (Å²) in [5.74, 6) is 0.180. The molecule has 144 valence electrons. The van der Waals surface area contributed by atoms with E-state index in [4.69, 9.17) is 0 Å². The van der Waals surface area contributed by atoms with E-state index >= 15 is 0 Å². The number of carbonyl (C=O) groups excluding carboxylic acids is 1. The van der Waals surface area contributed by atoms with Gasteiger partial charge in [0.2, 0.25) is 5.91 Å². The van der Waals surface area contributed by atoms with E-state index in [2.05, 4.69) is 25.4 Å². The Morgan fingerprint density at radius 2 is 1.75 bits per heavy atom. The van der Waals surface area contributed by atoms with Crippen molar-refractivity contribution >= 4 is 5.91 Å². The van der Waals surface area contributed by atoms with Gasteiger partial charge in [0.1, 0.15) is 6.33 Å². The van der Waals surface area contributed by atoms with E-state index in [1.54, 1.807) is 23.4 Å². The largest absolute Gasteiger partial charge is 0.335 e. The van der Waals surface area contributed by atoms with Crippen molar-refractivity contribution in [1.29, 1.82) is 0 Å². The van der Waals surface area contributed by atoms with Crippen molar-refractivity contribution in [2.75, 3.05) is 0 Å². The smallest absolute Gasteiger partial charge is 0.227 e. The SMILES string of the molecule is O=C(Cc1ccc(-n2cnnn2)cc1)N(Cc1ccncc1)C1CCCCC1. The monoisotopic (exact) mass is 376 g/mol. The normalized spacial score (nSPS) is 14.7. The second-order valence-corrected chi connectivity index (χ2v) is 7.27. The molecule has 1 aromatic carbocycles. The Morgan fingerprint density at radius 1 is 1.00 bits per heavy atom. The number of pyridine rings is 1. The van der Waals surface area contributed by atoms with E-state index in [1.165, 1.54) is 19.3 Å². The molecular weight excluding hydrogens is 352 g/mol. The number of nitrogens with zero attached hydrogens (tertiary/aromatic N) is 6.